The first-order valence-corrected chi connectivity index (χ1v) is 9.77. The third-order valence-corrected chi connectivity index (χ3v) is 5.21. The first-order chi connectivity index (χ1) is 14.4. The van der Waals surface area contributed by atoms with Crippen LogP contribution in [0.3, 0.4) is 0 Å². The van der Waals surface area contributed by atoms with E-state index in [9.17, 15) is 0 Å². The van der Waals surface area contributed by atoms with E-state index < -0.39 is 0 Å². The minimum absolute atomic E-state index is 0.821. The van der Waals surface area contributed by atoms with Crippen LogP contribution in [0, 0.1) is 0 Å². The normalized spacial score (nSPS) is 11.4. The molecule has 0 atom stereocenters. The molecule has 0 aliphatic rings. The van der Waals surface area contributed by atoms with Gasteiger partial charge in [-0.15, -0.1) is 0 Å². The summed E-state index contributed by atoms with van der Waals surface area (Å²) >= 11 is 0. The summed E-state index contributed by atoms with van der Waals surface area (Å²) in [6.45, 7) is 0.821. The van der Waals surface area contributed by atoms with Crippen molar-refractivity contribution in [2.75, 3.05) is 5.43 Å². The fraction of sp³-hybridized carbons (Fsp3) is 0.0385. The van der Waals surface area contributed by atoms with Gasteiger partial charge in [0.25, 0.3) is 0 Å². The van der Waals surface area contributed by atoms with Crippen LogP contribution in [-0.4, -0.2) is 10.8 Å². The minimum Gasteiger partial charge on any atom is -0.342 e. The zero-order chi connectivity index (χ0) is 19.5. The number of hydrazone groups is 1. The summed E-state index contributed by atoms with van der Waals surface area (Å²) < 4.78 is 2.31. The summed E-state index contributed by atoms with van der Waals surface area (Å²) in [7, 11) is 0. The number of hydrogen-bond donors (Lipinski definition) is 1. The minimum atomic E-state index is 0.821. The Morgan fingerprint density at radius 1 is 0.724 bits per heavy atom. The van der Waals surface area contributed by atoms with Gasteiger partial charge in [-0.25, -0.2) is 0 Å². The van der Waals surface area contributed by atoms with Crippen molar-refractivity contribution in [3.63, 3.8) is 0 Å². The molecule has 5 rings (SSSR count). The Hall–Kier alpha value is -3.85. The molecule has 0 unspecified atom stereocenters. The Morgan fingerprint density at radius 3 is 2.34 bits per heavy atom. The summed E-state index contributed by atoms with van der Waals surface area (Å²) in [6, 6.07) is 33.5. The lowest BCUT2D eigenvalue weighted by atomic mass is 10.0. The number of hydrogen-bond acceptors (Lipinski definition) is 2. The summed E-state index contributed by atoms with van der Waals surface area (Å²) in [6.07, 6.45) is 4.08. The largest absolute Gasteiger partial charge is 0.342 e. The third-order valence-electron chi connectivity index (χ3n) is 5.21. The maximum absolute atomic E-state index is 4.44. The van der Waals surface area contributed by atoms with Crippen molar-refractivity contribution >= 4 is 33.6 Å². The van der Waals surface area contributed by atoms with Crippen LogP contribution in [0.15, 0.2) is 108 Å². The second-order valence-corrected chi connectivity index (χ2v) is 7.10. The predicted octanol–water partition coefficient (Wildman–Crippen LogP) is 6.29. The molecule has 0 spiro atoms. The summed E-state index contributed by atoms with van der Waals surface area (Å²) in [5.74, 6) is 0. The number of rotatable bonds is 5. The van der Waals surface area contributed by atoms with Crippen LogP contribution in [0.2, 0.25) is 0 Å². The van der Waals surface area contributed by atoms with E-state index in [0.717, 1.165) is 17.8 Å². The van der Waals surface area contributed by atoms with E-state index in [-0.39, 0.29) is 0 Å². The van der Waals surface area contributed by atoms with Crippen molar-refractivity contribution in [2.45, 2.75) is 6.54 Å². The van der Waals surface area contributed by atoms with Crippen molar-refractivity contribution in [3.8, 4) is 0 Å². The molecule has 5 aromatic rings. The number of anilines is 1. The maximum Gasteiger partial charge on any atom is 0.0566 e. The van der Waals surface area contributed by atoms with Gasteiger partial charge in [-0.1, -0.05) is 78.9 Å². The Labute approximate surface area is 169 Å². The maximum atomic E-state index is 4.44. The van der Waals surface area contributed by atoms with Crippen molar-refractivity contribution in [1.82, 2.24) is 4.57 Å². The number of nitrogens with one attached hydrogen (secondary N) is 1. The van der Waals surface area contributed by atoms with Crippen molar-refractivity contribution in [2.24, 2.45) is 5.10 Å². The fourth-order valence-electron chi connectivity index (χ4n) is 3.81. The van der Waals surface area contributed by atoms with E-state index in [1.54, 1.807) is 0 Å². The Balaban J connectivity index is 1.50. The molecule has 3 heteroatoms. The molecular formula is C26H21N3. The van der Waals surface area contributed by atoms with Gasteiger partial charge < -0.3 is 4.57 Å². The van der Waals surface area contributed by atoms with Crippen molar-refractivity contribution < 1.29 is 0 Å². The highest BCUT2D eigenvalue weighted by Crippen LogP contribution is 2.24. The number of nitrogens with zero attached hydrogens (tertiary/aromatic N) is 2. The zero-order valence-electron chi connectivity index (χ0n) is 16.0. The summed E-state index contributed by atoms with van der Waals surface area (Å²) in [5, 5.41) is 8.22. The Kier molecular flexibility index (Phi) is 4.55. The molecule has 29 heavy (non-hydrogen) atoms. The van der Waals surface area contributed by atoms with Crippen LogP contribution >= 0.6 is 0 Å². The van der Waals surface area contributed by atoms with E-state index in [1.165, 1.54) is 27.2 Å². The molecule has 1 aromatic heterocycles. The Morgan fingerprint density at radius 2 is 1.45 bits per heavy atom. The Bertz CT molecular complexity index is 1290. The number of fused-ring (bicyclic) bond motifs is 2. The number of benzene rings is 4. The highest BCUT2D eigenvalue weighted by Gasteiger charge is 2.08. The topological polar surface area (TPSA) is 29.3 Å². The average Bonchev–Trinajstić information content (AvgIpc) is 3.12. The molecule has 0 saturated heterocycles. The lowest BCUT2D eigenvalue weighted by Crippen LogP contribution is -1.98. The highest BCUT2D eigenvalue weighted by molar-refractivity contribution is 5.99. The first kappa shape index (κ1) is 17.3. The van der Waals surface area contributed by atoms with Gasteiger partial charge in [0.05, 0.1) is 11.9 Å². The quantitative estimate of drug-likeness (QED) is 0.284. The first-order valence-electron chi connectivity index (χ1n) is 9.77. The average molecular weight is 375 g/mol. The second-order valence-electron chi connectivity index (χ2n) is 7.10. The molecule has 0 radical (unpaired) electrons. The van der Waals surface area contributed by atoms with Gasteiger partial charge in [-0.3, -0.25) is 5.43 Å². The molecule has 1 heterocycles. The molecule has 0 bridgehead atoms. The van der Waals surface area contributed by atoms with E-state index >= 15 is 0 Å². The lowest BCUT2D eigenvalue weighted by Gasteiger charge is -2.09. The van der Waals surface area contributed by atoms with Crippen LogP contribution < -0.4 is 5.43 Å². The van der Waals surface area contributed by atoms with Crippen molar-refractivity contribution in [1.29, 1.82) is 0 Å². The van der Waals surface area contributed by atoms with Gasteiger partial charge in [-0.05, 0) is 34.5 Å². The molecule has 0 amide bonds. The molecule has 0 saturated carbocycles. The van der Waals surface area contributed by atoms with Gasteiger partial charge in [0, 0.05) is 29.2 Å². The third kappa shape index (κ3) is 3.50. The van der Waals surface area contributed by atoms with Gasteiger partial charge >= 0.3 is 0 Å². The second kappa shape index (κ2) is 7.64. The van der Waals surface area contributed by atoms with Gasteiger partial charge in [0.2, 0.25) is 0 Å². The van der Waals surface area contributed by atoms with Gasteiger partial charge in [0.1, 0.15) is 0 Å². The van der Waals surface area contributed by atoms with Crippen LogP contribution in [-0.2, 0) is 6.54 Å². The molecule has 0 aliphatic carbocycles. The van der Waals surface area contributed by atoms with Crippen molar-refractivity contribution in [3.05, 3.63) is 114 Å². The van der Waals surface area contributed by atoms with E-state index in [0.29, 0.717) is 0 Å². The predicted molar refractivity (Wildman–Crippen MR) is 123 cm³/mol. The molecule has 3 nitrogen and oxygen atoms in total. The van der Waals surface area contributed by atoms with E-state index in [1.807, 2.05) is 36.5 Å². The van der Waals surface area contributed by atoms with Crippen LogP contribution in [0.4, 0.5) is 5.69 Å². The number of aromatic nitrogens is 1. The van der Waals surface area contributed by atoms with Gasteiger partial charge in [-0.2, -0.15) is 5.10 Å². The smallest absolute Gasteiger partial charge is 0.0566 e. The SMILES string of the molecule is C(=NNc1ccccc1)c1cn(Cc2cccc3ccccc23)c2ccccc12. The zero-order valence-corrected chi connectivity index (χ0v) is 16.0. The lowest BCUT2D eigenvalue weighted by molar-refractivity contribution is 0.842. The molecule has 0 fully saturated rings. The van der Waals surface area contributed by atoms with Crippen LogP contribution in [0.5, 0.6) is 0 Å². The van der Waals surface area contributed by atoms with E-state index in [4.69, 9.17) is 0 Å². The highest BCUT2D eigenvalue weighted by atomic mass is 15.3. The molecule has 1 N–H and O–H groups in total. The molecular weight excluding hydrogens is 354 g/mol. The number of para-hydroxylation sites is 2. The van der Waals surface area contributed by atoms with Crippen LogP contribution in [0.25, 0.3) is 21.7 Å². The summed E-state index contributed by atoms with van der Waals surface area (Å²) in [4.78, 5) is 0. The van der Waals surface area contributed by atoms with Crippen LogP contribution in [0.1, 0.15) is 11.1 Å². The van der Waals surface area contributed by atoms with E-state index in [2.05, 4.69) is 88.0 Å². The molecule has 0 aliphatic heterocycles. The fourth-order valence-corrected chi connectivity index (χ4v) is 3.81. The monoisotopic (exact) mass is 375 g/mol. The summed E-state index contributed by atoms with van der Waals surface area (Å²) in [5.41, 5.74) is 7.70. The molecule has 140 valence electrons. The standard InChI is InChI=1S/C26H21N3/c1-2-12-23(13-3-1)28-27-17-22-19-29(26-16-7-6-15-25(22)26)18-21-11-8-10-20-9-4-5-14-24(20)21/h1-17,19,28H,18H2. The van der Waals surface area contributed by atoms with Gasteiger partial charge in [0.15, 0.2) is 0 Å². The molecule has 4 aromatic carbocycles.